The van der Waals surface area contributed by atoms with E-state index < -0.39 is 0 Å². The number of hydrogen-bond donors (Lipinski definition) is 1. The van der Waals surface area contributed by atoms with Crippen LogP contribution in [0.5, 0.6) is 0 Å². The highest BCUT2D eigenvalue weighted by atomic mass is 79.9. The third-order valence-corrected chi connectivity index (χ3v) is 4.52. The van der Waals surface area contributed by atoms with Crippen molar-refractivity contribution in [2.75, 3.05) is 5.32 Å². The maximum Gasteiger partial charge on any atom is 0.256 e. The summed E-state index contributed by atoms with van der Waals surface area (Å²) >= 11 is 3.55. The van der Waals surface area contributed by atoms with E-state index in [1.165, 1.54) is 0 Å². The second kappa shape index (κ2) is 7.95. The highest BCUT2D eigenvalue weighted by molar-refractivity contribution is 9.10. The number of carbonyl (C=O) groups excluding carboxylic acids is 1. The van der Waals surface area contributed by atoms with Gasteiger partial charge in [0.25, 0.3) is 5.91 Å². The fourth-order valence-corrected chi connectivity index (χ4v) is 2.99. The summed E-state index contributed by atoms with van der Waals surface area (Å²) in [7, 11) is 0. The summed E-state index contributed by atoms with van der Waals surface area (Å²) in [4.78, 5) is 13.0. The van der Waals surface area contributed by atoms with Gasteiger partial charge >= 0.3 is 0 Å². The van der Waals surface area contributed by atoms with Crippen LogP contribution in [-0.4, -0.2) is 5.91 Å². The van der Waals surface area contributed by atoms with Gasteiger partial charge in [-0.3, -0.25) is 4.79 Å². The second-order valence-electron chi connectivity index (χ2n) is 5.77. The van der Waals surface area contributed by atoms with Gasteiger partial charge in [0.05, 0.1) is 0 Å². The molecule has 0 radical (unpaired) electrons. The van der Waals surface area contributed by atoms with E-state index >= 15 is 0 Å². The van der Waals surface area contributed by atoms with Crippen molar-refractivity contribution in [3.05, 3.63) is 100 Å². The molecule has 3 rings (SSSR count). The van der Waals surface area contributed by atoms with E-state index in [-0.39, 0.29) is 5.91 Å². The zero-order valence-corrected chi connectivity index (χ0v) is 15.5. The number of carbonyl (C=O) groups is 1. The van der Waals surface area contributed by atoms with Crippen molar-refractivity contribution >= 4 is 39.2 Å². The lowest BCUT2D eigenvalue weighted by Gasteiger charge is -2.11. The van der Waals surface area contributed by atoms with E-state index in [1.54, 1.807) is 0 Å². The Hall–Kier alpha value is -2.65. The van der Waals surface area contributed by atoms with E-state index in [4.69, 9.17) is 0 Å². The fraction of sp³-hybridized carbons (Fsp3) is 0.0455. The summed E-state index contributed by atoms with van der Waals surface area (Å²) in [6.45, 7) is 2.02. The molecule has 2 nitrogen and oxygen atoms in total. The summed E-state index contributed by atoms with van der Waals surface area (Å²) in [6.07, 6.45) is 1.91. The molecule has 3 heteroatoms. The number of nitrogens with one attached hydrogen (secondary N) is 1. The van der Waals surface area contributed by atoms with Gasteiger partial charge in [-0.2, -0.15) is 0 Å². The molecule has 0 bridgehead atoms. The SMILES string of the molecule is Cc1ccc(NC(=O)C(=Cc2ccccc2)c2ccccc2Br)cc1. The highest BCUT2D eigenvalue weighted by Gasteiger charge is 2.15. The summed E-state index contributed by atoms with van der Waals surface area (Å²) in [5.74, 6) is -0.139. The number of aryl methyl sites for hydroxylation is 1. The van der Waals surface area contributed by atoms with Gasteiger partial charge in [0, 0.05) is 21.3 Å². The normalized spacial score (nSPS) is 11.2. The molecular formula is C22H18BrNO. The third kappa shape index (κ3) is 4.46. The van der Waals surface area contributed by atoms with Gasteiger partial charge in [-0.05, 0) is 36.8 Å². The molecule has 3 aromatic rings. The lowest BCUT2D eigenvalue weighted by molar-refractivity contribution is -0.111. The van der Waals surface area contributed by atoms with Crippen molar-refractivity contribution in [3.63, 3.8) is 0 Å². The van der Waals surface area contributed by atoms with Crippen molar-refractivity contribution in [1.82, 2.24) is 0 Å². The van der Waals surface area contributed by atoms with Crippen molar-refractivity contribution in [3.8, 4) is 0 Å². The van der Waals surface area contributed by atoms with Crippen molar-refractivity contribution in [2.45, 2.75) is 6.92 Å². The summed E-state index contributed by atoms with van der Waals surface area (Å²) in [6, 6.07) is 25.4. The van der Waals surface area contributed by atoms with E-state index in [9.17, 15) is 4.79 Å². The Balaban J connectivity index is 1.99. The summed E-state index contributed by atoms with van der Waals surface area (Å²) in [5, 5.41) is 2.99. The van der Waals surface area contributed by atoms with Gasteiger partial charge < -0.3 is 5.32 Å². The van der Waals surface area contributed by atoms with Crippen LogP contribution in [0.25, 0.3) is 11.6 Å². The molecule has 0 spiro atoms. The number of hydrogen-bond acceptors (Lipinski definition) is 1. The molecule has 0 aliphatic carbocycles. The average Bonchev–Trinajstić information content (AvgIpc) is 2.63. The molecule has 0 aromatic heterocycles. The Morgan fingerprint density at radius 1 is 0.880 bits per heavy atom. The monoisotopic (exact) mass is 391 g/mol. The van der Waals surface area contributed by atoms with Crippen LogP contribution >= 0.6 is 15.9 Å². The van der Waals surface area contributed by atoms with Gasteiger partial charge in [-0.15, -0.1) is 0 Å². The fourth-order valence-electron chi connectivity index (χ4n) is 2.50. The zero-order chi connectivity index (χ0) is 17.6. The first kappa shape index (κ1) is 17.2. The standard InChI is InChI=1S/C22H18BrNO/c1-16-11-13-18(14-12-16)24-22(25)20(15-17-7-3-2-4-8-17)19-9-5-6-10-21(19)23/h2-15H,1H3,(H,24,25). The van der Waals surface area contributed by atoms with Crippen LogP contribution in [0.3, 0.4) is 0 Å². The van der Waals surface area contributed by atoms with E-state index in [2.05, 4.69) is 21.2 Å². The molecule has 3 aromatic carbocycles. The topological polar surface area (TPSA) is 29.1 Å². The molecule has 124 valence electrons. The predicted octanol–water partition coefficient (Wildman–Crippen LogP) is 5.94. The Morgan fingerprint density at radius 3 is 2.20 bits per heavy atom. The summed E-state index contributed by atoms with van der Waals surface area (Å²) < 4.78 is 0.885. The Labute approximate surface area is 156 Å². The molecule has 0 saturated carbocycles. The molecule has 0 aliphatic heterocycles. The molecule has 1 amide bonds. The van der Waals surface area contributed by atoms with Crippen LogP contribution in [0.2, 0.25) is 0 Å². The molecule has 0 unspecified atom stereocenters. The maximum absolute atomic E-state index is 13.0. The first-order chi connectivity index (χ1) is 12.1. The van der Waals surface area contributed by atoms with E-state index in [0.717, 1.165) is 26.9 Å². The average molecular weight is 392 g/mol. The number of anilines is 1. The smallest absolute Gasteiger partial charge is 0.256 e. The van der Waals surface area contributed by atoms with Crippen LogP contribution in [0.4, 0.5) is 5.69 Å². The number of amides is 1. The lowest BCUT2D eigenvalue weighted by Crippen LogP contribution is -2.14. The molecule has 25 heavy (non-hydrogen) atoms. The third-order valence-electron chi connectivity index (χ3n) is 3.83. The minimum atomic E-state index is -0.139. The quantitative estimate of drug-likeness (QED) is 0.432. The molecular weight excluding hydrogens is 374 g/mol. The van der Waals surface area contributed by atoms with Crippen molar-refractivity contribution < 1.29 is 4.79 Å². The lowest BCUT2D eigenvalue weighted by atomic mass is 10.0. The number of rotatable bonds is 4. The Morgan fingerprint density at radius 2 is 1.52 bits per heavy atom. The number of benzene rings is 3. The molecule has 0 heterocycles. The maximum atomic E-state index is 13.0. The molecule has 0 fully saturated rings. The van der Waals surface area contributed by atoms with Crippen LogP contribution in [-0.2, 0) is 4.79 Å². The molecule has 1 N–H and O–H groups in total. The first-order valence-electron chi connectivity index (χ1n) is 8.03. The highest BCUT2D eigenvalue weighted by Crippen LogP contribution is 2.27. The van der Waals surface area contributed by atoms with Crippen molar-refractivity contribution in [1.29, 1.82) is 0 Å². The van der Waals surface area contributed by atoms with Gasteiger partial charge in [0.1, 0.15) is 0 Å². The molecule has 0 aliphatic rings. The first-order valence-corrected chi connectivity index (χ1v) is 8.82. The summed E-state index contributed by atoms with van der Waals surface area (Å²) in [5.41, 5.74) is 4.38. The number of halogens is 1. The van der Waals surface area contributed by atoms with E-state index in [1.807, 2.05) is 91.9 Å². The van der Waals surface area contributed by atoms with Gasteiger partial charge in [0.15, 0.2) is 0 Å². The van der Waals surface area contributed by atoms with Gasteiger partial charge in [0.2, 0.25) is 0 Å². The second-order valence-corrected chi connectivity index (χ2v) is 6.62. The minimum absolute atomic E-state index is 0.139. The van der Waals surface area contributed by atoms with Gasteiger partial charge in [-0.1, -0.05) is 82.2 Å². The zero-order valence-electron chi connectivity index (χ0n) is 13.9. The molecule has 0 atom stereocenters. The van der Waals surface area contributed by atoms with Crippen LogP contribution in [0.1, 0.15) is 16.7 Å². The largest absolute Gasteiger partial charge is 0.322 e. The minimum Gasteiger partial charge on any atom is -0.322 e. The van der Waals surface area contributed by atoms with E-state index in [0.29, 0.717) is 5.57 Å². The Bertz CT molecular complexity index is 899. The molecule has 0 saturated heterocycles. The van der Waals surface area contributed by atoms with Gasteiger partial charge in [-0.25, -0.2) is 0 Å². The van der Waals surface area contributed by atoms with Crippen LogP contribution in [0.15, 0.2) is 83.3 Å². The van der Waals surface area contributed by atoms with Crippen molar-refractivity contribution in [2.24, 2.45) is 0 Å². The predicted molar refractivity (Wildman–Crippen MR) is 108 cm³/mol. The Kier molecular flexibility index (Phi) is 5.46. The van der Waals surface area contributed by atoms with Crippen LogP contribution < -0.4 is 5.32 Å². The van der Waals surface area contributed by atoms with Crippen LogP contribution in [0, 0.1) is 6.92 Å².